The lowest BCUT2D eigenvalue weighted by molar-refractivity contribution is 0.0464. The highest BCUT2D eigenvalue weighted by Gasteiger charge is 2.28. The maximum Gasteiger partial charge on any atom is 0.0546 e. The van der Waals surface area contributed by atoms with E-state index in [2.05, 4.69) is 55.4 Å². The predicted molar refractivity (Wildman–Crippen MR) is 80.4 cm³/mol. The molecule has 0 heterocycles. The van der Waals surface area contributed by atoms with Crippen molar-refractivity contribution >= 4 is 5.69 Å². The first-order valence-corrected chi connectivity index (χ1v) is 7.26. The van der Waals surface area contributed by atoms with Crippen molar-refractivity contribution in [2.45, 2.75) is 45.4 Å². The van der Waals surface area contributed by atoms with Gasteiger partial charge in [0.2, 0.25) is 0 Å². The second kappa shape index (κ2) is 6.40. The summed E-state index contributed by atoms with van der Waals surface area (Å²) < 4.78 is 0. The Morgan fingerprint density at radius 1 is 1.32 bits per heavy atom. The minimum absolute atomic E-state index is 0.0590. The molecule has 1 fully saturated rings. The van der Waals surface area contributed by atoms with Crippen molar-refractivity contribution in [1.82, 2.24) is 5.32 Å². The number of rotatable bonds is 6. The summed E-state index contributed by atoms with van der Waals surface area (Å²) in [4.78, 5) is 2.33. The van der Waals surface area contributed by atoms with Crippen molar-refractivity contribution < 1.29 is 5.11 Å². The molecule has 3 nitrogen and oxygen atoms in total. The van der Waals surface area contributed by atoms with Crippen molar-refractivity contribution in [2.24, 2.45) is 5.92 Å². The molecule has 0 aliphatic heterocycles. The third kappa shape index (κ3) is 3.95. The van der Waals surface area contributed by atoms with Crippen LogP contribution in [-0.4, -0.2) is 30.8 Å². The number of hydrogen-bond acceptors (Lipinski definition) is 3. The van der Waals surface area contributed by atoms with E-state index < -0.39 is 0 Å². The van der Waals surface area contributed by atoms with Crippen LogP contribution < -0.4 is 10.2 Å². The van der Waals surface area contributed by atoms with Crippen LogP contribution in [0.4, 0.5) is 5.69 Å². The van der Waals surface area contributed by atoms with Crippen LogP contribution in [0.15, 0.2) is 24.3 Å². The highest BCUT2D eigenvalue weighted by atomic mass is 16.3. The third-order valence-electron chi connectivity index (χ3n) is 3.85. The quantitative estimate of drug-likeness (QED) is 0.826. The summed E-state index contributed by atoms with van der Waals surface area (Å²) in [5.41, 5.74) is 2.65. The lowest BCUT2D eigenvalue weighted by Crippen LogP contribution is -2.37. The fourth-order valence-corrected chi connectivity index (χ4v) is 2.68. The SMILES string of the molecule is CC(C)NCc1ccccc1N(C)CC1CC(O)C1. The molecule has 0 spiro atoms. The summed E-state index contributed by atoms with van der Waals surface area (Å²) in [5.74, 6) is 0.645. The van der Waals surface area contributed by atoms with Crippen LogP contribution in [-0.2, 0) is 6.54 Å². The zero-order valence-corrected chi connectivity index (χ0v) is 12.3. The van der Waals surface area contributed by atoms with Gasteiger partial charge in [0.1, 0.15) is 0 Å². The molecular formula is C16H26N2O. The molecule has 1 aliphatic rings. The minimum Gasteiger partial charge on any atom is -0.393 e. The molecule has 1 aromatic rings. The number of nitrogens with one attached hydrogen (secondary N) is 1. The summed E-state index contributed by atoms with van der Waals surface area (Å²) in [6.45, 7) is 6.28. The Balaban J connectivity index is 1.97. The van der Waals surface area contributed by atoms with Crippen LogP contribution >= 0.6 is 0 Å². The van der Waals surface area contributed by atoms with Gasteiger partial charge in [0, 0.05) is 31.9 Å². The number of aliphatic hydroxyl groups excluding tert-OH is 1. The van der Waals surface area contributed by atoms with E-state index >= 15 is 0 Å². The maximum atomic E-state index is 9.37. The van der Waals surface area contributed by atoms with Crippen LogP contribution in [0, 0.1) is 5.92 Å². The second-order valence-electron chi connectivity index (χ2n) is 6.04. The summed E-state index contributed by atoms with van der Waals surface area (Å²) in [6.07, 6.45) is 1.85. The topological polar surface area (TPSA) is 35.5 Å². The van der Waals surface area contributed by atoms with Gasteiger partial charge in [-0.05, 0) is 30.4 Å². The average Bonchev–Trinajstić information content (AvgIpc) is 2.34. The Labute approximate surface area is 116 Å². The molecule has 1 aromatic carbocycles. The summed E-state index contributed by atoms with van der Waals surface area (Å²) in [7, 11) is 2.15. The molecule has 0 amide bonds. The molecule has 19 heavy (non-hydrogen) atoms. The lowest BCUT2D eigenvalue weighted by Gasteiger charge is -2.35. The van der Waals surface area contributed by atoms with E-state index in [0.717, 1.165) is 25.9 Å². The van der Waals surface area contributed by atoms with Crippen molar-refractivity contribution in [3.05, 3.63) is 29.8 Å². The molecule has 0 unspecified atom stereocenters. The molecule has 1 aliphatic carbocycles. The predicted octanol–water partition coefficient (Wildman–Crippen LogP) is 2.39. The molecule has 1 saturated carbocycles. The van der Waals surface area contributed by atoms with Crippen LogP contribution in [0.3, 0.4) is 0 Å². The van der Waals surface area contributed by atoms with E-state index in [1.54, 1.807) is 0 Å². The zero-order chi connectivity index (χ0) is 13.8. The number of benzene rings is 1. The number of aliphatic hydroxyl groups is 1. The summed E-state index contributed by atoms with van der Waals surface area (Å²) >= 11 is 0. The van der Waals surface area contributed by atoms with Crippen molar-refractivity contribution in [3.63, 3.8) is 0 Å². The van der Waals surface area contributed by atoms with Crippen molar-refractivity contribution in [3.8, 4) is 0 Å². The Morgan fingerprint density at radius 3 is 2.63 bits per heavy atom. The molecule has 0 atom stereocenters. The first-order valence-electron chi connectivity index (χ1n) is 7.26. The van der Waals surface area contributed by atoms with Crippen LogP contribution in [0.2, 0.25) is 0 Å². The molecule has 0 radical (unpaired) electrons. The number of para-hydroxylation sites is 1. The van der Waals surface area contributed by atoms with Crippen LogP contribution in [0.25, 0.3) is 0 Å². The largest absolute Gasteiger partial charge is 0.393 e. The Morgan fingerprint density at radius 2 is 2.00 bits per heavy atom. The summed E-state index contributed by atoms with van der Waals surface area (Å²) in [6, 6.07) is 9.07. The summed E-state index contributed by atoms with van der Waals surface area (Å²) in [5, 5.41) is 12.9. The Kier molecular flexibility index (Phi) is 4.83. The van der Waals surface area contributed by atoms with Crippen molar-refractivity contribution in [1.29, 1.82) is 0 Å². The van der Waals surface area contributed by atoms with Gasteiger partial charge in [-0.3, -0.25) is 0 Å². The van der Waals surface area contributed by atoms with E-state index in [1.165, 1.54) is 11.3 Å². The van der Waals surface area contributed by atoms with Gasteiger partial charge < -0.3 is 15.3 Å². The van der Waals surface area contributed by atoms with Gasteiger partial charge in [0.15, 0.2) is 0 Å². The van der Waals surface area contributed by atoms with E-state index in [-0.39, 0.29) is 6.10 Å². The molecule has 0 saturated heterocycles. The fourth-order valence-electron chi connectivity index (χ4n) is 2.68. The lowest BCUT2D eigenvalue weighted by atomic mass is 9.82. The first kappa shape index (κ1) is 14.4. The number of nitrogens with zero attached hydrogens (tertiary/aromatic N) is 1. The third-order valence-corrected chi connectivity index (χ3v) is 3.85. The average molecular weight is 262 g/mol. The Hall–Kier alpha value is -1.06. The maximum absolute atomic E-state index is 9.37. The van der Waals surface area contributed by atoms with Crippen molar-refractivity contribution in [2.75, 3.05) is 18.5 Å². The second-order valence-corrected chi connectivity index (χ2v) is 6.04. The van der Waals surface area contributed by atoms with Gasteiger partial charge in [0.05, 0.1) is 6.10 Å². The smallest absolute Gasteiger partial charge is 0.0546 e. The molecule has 2 N–H and O–H groups in total. The highest BCUT2D eigenvalue weighted by Crippen LogP contribution is 2.30. The van der Waals surface area contributed by atoms with Gasteiger partial charge >= 0.3 is 0 Å². The van der Waals surface area contributed by atoms with Gasteiger partial charge in [-0.15, -0.1) is 0 Å². The first-order chi connectivity index (χ1) is 9.06. The molecule has 0 aromatic heterocycles. The molecular weight excluding hydrogens is 236 g/mol. The molecule has 106 valence electrons. The van der Waals surface area contributed by atoms with Gasteiger partial charge in [-0.25, -0.2) is 0 Å². The standard InChI is InChI=1S/C16H26N2O/c1-12(2)17-10-14-6-4-5-7-16(14)18(3)11-13-8-15(19)9-13/h4-7,12-13,15,17,19H,8-11H2,1-3H3. The molecule has 3 heteroatoms. The normalized spacial score (nSPS) is 22.4. The van der Waals surface area contributed by atoms with Gasteiger partial charge in [-0.1, -0.05) is 32.0 Å². The van der Waals surface area contributed by atoms with Gasteiger partial charge in [0.25, 0.3) is 0 Å². The van der Waals surface area contributed by atoms with E-state index in [9.17, 15) is 5.11 Å². The highest BCUT2D eigenvalue weighted by molar-refractivity contribution is 5.53. The van der Waals surface area contributed by atoms with E-state index in [4.69, 9.17) is 0 Å². The number of anilines is 1. The number of hydrogen-bond donors (Lipinski definition) is 2. The van der Waals surface area contributed by atoms with Crippen LogP contribution in [0.5, 0.6) is 0 Å². The Bertz CT molecular complexity index is 399. The molecule has 2 rings (SSSR count). The molecule has 0 bridgehead atoms. The minimum atomic E-state index is -0.0590. The monoisotopic (exact) mass is 262 g/mol. The van der Waals surface area contributed by atoms with Gasteiger partial charge in [-0.2, -0.15) is 0 Å². The fraction of sp³-hybridized carbons (Fsp3) is 0.625. The van der Waals surface area contributed by atoms with E-state index in [1.807, 2.05) is 0 Å². The van der Waals surface area contributed by atoms with E-state index in [0.29, 0.717) is 12.0 Å². The van der Waals surface area contributed by atoms with Crippen LogP contribution in [0.1, 0.15) is 32.3 Å². The zero-order valence-electron chi connectivity index (χ0n) is 12.3.